The largest absolute Gasteiger partial charge is 0.464 e. The number of rotatable bonds is 6. The number of carbonyl (C=O) groups excluding carboxylic acids is 2. The highest BCUT2D eigenvalue weighted by atomic mass is 16.6. The van der Waals surface area contributed by atoms with Gasteiger partial charge in [0.05, 0.1) is 13.2 Å². The summed E-state index contributed by atoms with van der Waals surface area (Å²) in [4.78, 5) is 20.7. The molecule has 0 aliphatic carbocycles. The Labute approximate surface area is 121 Å². The standard InChI is InChI=1S/C6H12O3.C5H10O3.C3H6/c1-3-6(7)9-5-4-8-2;1-3-8-5(7)4(2)6;1-3-2/h3-5H2,1-2H3;4,6H,3H2,1-2H3;3H,1H2,2H3. The lowest BCUT2D eigenvalue weighted by Gasteiger charge is -2.01. The summed E-state index contributed by atoms with van der Waals surface area (Å²) < 4.78 is 13.7. The first-order chi connectivity index (χ1) is 9.40. The number of allylic oxidation sites excluding steroid dienone is 1. The number of carbonyl (C=O) groups is 2. The smallest absolute Gasteiger partial charge is 0.334 e. The highest BCUT2D eigenvalue weighted by Crippen LogP contribution is 1.84. The van der Waals surface area contributed by atoms with Crippen LogP contribution in [0.15, 0.2) is 12.7 Å². The second-order valence-electron chi connectivity index (χ2n) is 3.40. The number of aliphatic hydroxyl groups is 1. The van der Waals surface area contributed by atoms with Crippen LogP contribution in [0, 0.1) is 0 Å². The van der Waals surface area contributed by atoms with Gasteiger partial charge in [-0.1, -0.05) is 13.0 Å². The average molecular weight is 292 g/mol. The minimum atomic E-state index is -0.991. The zero-order chi connectivity index (χ0) is 16.4. The minimum absolute atomic E-state index is 0.174. The fraction of sp³-hybridized carbons (Fsp3) is 0.714. The van der Waals surface area contributed by atoms with Crippen molar-refractivity contribution in [1.29, 1.82) is 0 Å². The van der Waals surface area contributed by atoms with E-state index in [2.05, 4.69) is 20.8 Å². The maximum Gasteiger partial charge on any atom is 0.334 e. The van der Waals surface area contributed by atoms with Crippen LogP contribution in [0.25, 0.3) is 0 Å². The van der Waals surface area contributed by atoms with Gasteiger partial charge < -0.3 is 19.3 Å². The van der Waals surface area contributed by atoms with E-state index < -0.39 is 12.1 Å². The summed E-state index contributed by atoms with van der Waals surface area (Å²) in [6.07, 6.45) is 1.19. The zero-order valence-electron chi connectivity index (χ0n) is 13.2. The fourth-order valence-electron chi connectivity index (χ4n) is 0.604. The third kappa shape index (κ3) is 25.4. The first kappa shape index (κ1) is 23.7. The van der Waals surface area contributed by atoms with E-state index in [0.717, 1.165) is 0 Å². The van der Waals surface area contributed by atoms with Gasteiger partial charge >= 0.3 is 11.9 Å². The van der Waals surface area contributed by atoms with Crippen molar-refractivity contribution in [2.45, 2.75) is 40.2 Å². The van der Waals surface area contributed by atoms with Gasteiger partial charge in [-0.25, -0.2) is 4.79 Å². The maximum absolute atomic E-state index is 10.4. The monoisotopic (exact) mass is 292 g/mol. The van der Waals surface area contributed by atoms with E-state index in [1.54, 1.807) is 27.0 Å². The van der Waals surface area contributed by atoms with Crippen molar-refractivity contribution in [2.24, 2.45) is 0 Å². The topological polar surface area (TPSA) is 82.1 Å². The maximum atomic E-state index is 10.4. The van der Waals surface area contributed by atoms with Gasteiger partial charge in [0.1, 0.15) is 12.7 Å². The Morgan fingerprint density at radius 2 is 1.75 bits per heavy atom. The molecule has 0 amide bonds. The predicted octanol–water partition coefficient (Wildman–Crippen LogP) is 1.71. The van der Waals surface area contributed by atoms with Crippen LogP contribution in [0.4, 0.5) is 0 Å². The second kappa shape index (κ2) is 19.9. The third-order valence-corrected chi connectivity index (χ3v) is 1.47. The lowest BCUT2D eigenvalue weighted by Crippen LogP contribution is -2.18. The van der Waals surface area contributed by atoms with Gasteiger partial charge in [-0.05, 0) is 20.8 Å². The molecule has 0 saturated carbocycles. The molecule has 0 radical (unpaired) electrons. The Bertz CT molecular complexity index is 238. The van der Waals surface area contributed by atoms with Crippen molar-refractivity contribution in [3.8, 4) is 0 Å². The molecule has 0 spiro atoms. The van der Waals surface area contributed by atoms with Crippen LogP contribution < -0.4 is 0 Å². The van der Waals surface area contributed by atoms with E-state index in [9.17, 15) is 9.59 Å². The van der Waals surface area contributed by atoms with Crippen molar-refractivity contribution in [3.05, 3.63) is 12.7 Å². The van der Waals surface area contributed by atoms with Gasteiger partial charge in [-0.3, -0.25) is 4.79 Å². The average Bonchev–Trinajstić information content (AvgIpc) is 2.40. The summed E-state index contributed by atoms with van der Waals surface area (Å²) in [6.45, 7) is 11.2. The van der Waals surface area contributed by atoms with Crippen LogP contribution >= 0.6 is 0 Å². The molecule has 0 aromatic heterocycles. The molecule has 20 heavy (non-hydrogen) atoms. The van der Waals surface area contributed by atoms with E-state index in [0.29, 0.717) is 26.2 Å². The molecule has 0 fully saturated rings. The van der Waals surface area contributed by atoms with Gasteiger partial charge in [-0.2, -0.15) is 0 Å². The fourth-order valence-corrected chi connectivity index (χ4v) is 0.604. The molecule has 6 nitrogen and oxygen atoms in total. The summed E-state index contributed by atoms with van der Waals surface area (Å²) in [6, 6.07) is 0. The molecule has 1 N–H and O–H groups in total. The van der Waals surface area contributed by atoms with Gasteiger partial charge in [0.2, 0.25) is 0 Å². The molecule has 0 aliphatic rings. The molecule has 1 atom stereocenters. The normalized spacial score (nSPS) is 9.90. The van der Waals surface area contributed by atoms with E-state index in [4.69, 9.17) is 5.11 Å². The molecule has 0 rings (SSSR count). The van der Waals surface area contributed by atoms with Crippen molar-refractivity contribution >= 4 is 11.9 Å². The molecule has 120 valence electrons. The quantitative estimate of drug-likeness (QED) is 0.456. The van der Waals surface area contributed by atoms with E-state index in [1.165, 1.54) is 6.92 Å². The van der Waals surface area contributed by atoms with E-state index in [-0.39, 0.29) is 5.97 Å². The van der Waals surface area contributed by atoms with Crippen molar-refractivity contribution in [3.63, 3.8) is 0 Å². The summed E-state index contributed by atoms with van der Waals surface area (Å²) in [5, 5.41) is 8.48. The van der Waals surface area contributed by atoms with Gasteiger partial charge in [0, 0.05) is 13.5 Å². The lowest BCUT2D eigenvalue weighted by molar-refractivity contribution is -0.152. The lowest BCUT2D eigenvalue weighted by atomic mass is 10.4. The van der Waals surface area contributed by atoms with Gasteiger partial charge in [0.25, 0.3) is 0 Å². The second-order valence-corrected chi connectivity index (χ2v) is 3.40. The Morgan fingerprint density at radius 3 is 2.00 bits per heavy atom. The van der Waals surface area contributed by atoms with Crippen LogP contribution in [-0.2, 0) is 23.8 Å². The molecule has 0 bridgehead atoms. The SMILES string of the molecule is C=CC.CCC(=O)OCCOC.CCOC(=O)C(C)O. The van der Waals surface area contributed by atoms with Crippen LogP contribution in [0.2, 0.25) is 0 Å². The van der Waals surface area contributed by atoms with E-state index in [1.807, 2.05) is 6.92 Å². The molecule has 0 aromatic rings. The van der Waals surface area contributed by atoms with Crippen molar-refractivity contribution in [1.82, 2.24) is 0 Å². The Kier molecular flexibility index (Phi) is 23.6. The molecule has 0 aliphatic heterocycles. The van der Waals surface area contributed by atoms with Gasteiger partial charge in [0.15, 0.2) is 0 Å². The third-order valence-electron chi connectivity index (χ3n) is 1.47. The highest BCUT2D eigenvalue weighted by Gasteiger charge is 2.07. The van der Waals surface area contributed by atoms with Gasteiger partial charge in [-0.15, -0.1) is 6.58 Å². The summed E-state index contributed by atoms with van der Waals surface area (Å²) in [7, 11) is 1.57. The summed E-state index contributed by atoms with van der Waals surface area (Å²) >= 11 is 0. The minimum Gasteiger partial charge on any atom is -0.464 e. The Hall–Kier alpha value is -1.40. The predicted molar refractivity (Wildman–Crippen MR) is 77.3 cm³/mol. The number of methoxy groups -OCH3 is 1. The van der Waals surface area contributed by atoms with Crippen LogP contribution in [0.1, 0.15) is 34.1 Å². The van der Waals surface area contributed by atoms with Crippen LogP contribution in [-0.4, -0.2) is 50.1 Å². The first-order valence-electron chi connectivity index (χ1n) is 6.47. The number of aliphatic hydroxyl groups excluding tert-OH is 1. The Morgan fingerprint density at radius 1 is 1.25 bits per heavy atom. The molecular formula is C14H28O6. The summed E-state index contributed by atoms with van der Waals surface area (Å²) in [5.74, 6) is -0.737. The van der Waals surface area contributed by atoms with E-state index >= 15 is 0 Å². The molecule has 0 heterocycles. The number of hydrogen-bond acceptors (Lipinski definition) is 6. The number of hydrogen-bond donors (Lipinski definition) is 1. The molecule has 0 saturated heterocycles. The zero-order valence-corrected chi connectivity index (χ0v) is 13.2. The molecular weight excluding hydrogens is 264 g/mol. The van der Waals surface area contributed by atoms with Crippen LogP contribution in [0.3, 0.4) is 0 Å². The van der Waals surface area contributed by atoms with Crippen LogP contribution in [0.5, 0.6) is 0 Å². The highest BCUT2D eigenvalue weighted by molar-refractivity contribution is 5.73. The first-order valence-corrected chi connectivity index (χ1v) is 6.47. The molecule has 6 heteroatoms. The number of esters is 2. The Balaban J connectivity index is -0.000000243. The van der Waals surface area contributed by atoms with Crippen molar-refractivity contribution in [2.75, 3.05) is 26.9 Å². The number of ether oxygens (including phenoxy) is 3. The summed E-state index contributed by atoms with van der Waals surface area (Å²) in [5.41, 5.74) is 0. The van der Waals surface area contributed by atoms with Crippen molar-refractivity contribution < 1.29 is 28.9 Å². The molecule has 0 aromatic carbocycles. The molecule has 1 unspecified atom stereocenters.